The van der Waals surface area contributed by atoms with Crippen LogP contribution in [-0.2, 0) is 10.3 Å². The van der Waals surface area contributed by atoms with E-state index in [0.29, 0.717) is 5.56 Å². The second-order valence-corrected chi connectivity index (χ2v) is 5.23. The average molecular weight is 260 g/mol. The molecule has 0 radical (unpaired) electrons. The summed E-state index contributed by atoms with van der Waals surface area (Å²) in [5, 5.41) is 9.10. The van der Waals surface area contributed by atoms with Gasteiger partial charge in [0, 0.05) is 18.8 Å². The van der Waals surface area contributed by atoms with Crippen LogP contribution in [0, 0.1) is 0 Å². The molecule has 1 fully saturated rings. The maximum absolute atomic E-state index is 11.1. The van der Waals surface area contributed by atoms with Crippen LogP contribution in [0.1, 0.15) is 30.1 Å². The molecule has 3 rings (SSSR count). The predicted octanol–water partition coefficient (Wildman–Crippen LogP) is 2.26. The van der Waals surface area contributed by atoms with E-state index in [1.807, 2.05) is 6.33 Å². The van der Waals surface area contributed by atoms with Crippen molar-refractivity contribution in [2.45, 2.75) is 25.3 Å². The van der Waals surface area contributed by atoms with Gasteiger partial charge in [-0.05, 0) is 38.0 Å². The lowest BCUT2D eigenvalue weighted by atomic mass is 9.92. The third-order valence-corrected chi connectivity index (χ3v) is 3.95. The number of carbonyl (C=O) groups is 1. The van der Waals surface area contributed by atoms with E-state index in [4.69, 9.17) is 9.84 Å². The monoisotopic (exact) mass is 260 g/mol. The summed E-state index contributed by atoms with van der Waals surface area (Å²) in [4.78, 5) is 15.5. The molecule has 19 heavy (non-hydrogen) atoms. The van der Waals surface area contributed by atoms with Crippen LogP contribution in [-0.4, -0.2) is 33.8 Å². The minimum atomic E-state index is -0.910. The molecule has 2 heterocycles. The minimum Gasteiger partial charge on any atom is -0.478 e. The molecule has 1 aliphatic rings. The molecule has 100 valence electrons. The molecule has 0 aliphatic carbocycles. The fraction of sp³-hybridized carbons (Fsp3) is 0.429. The number of hydrogen-bond acceptors (Lipinski definition) is 3. The standard InChI is InChI=1S/C14H16N2O3/c1-14(4-6-19-7-5-14)16-9-15-11-3-2-10(13(17)18)8-12(11)16/h2-3,8-9H,4-7H2,1H3,(H,17,18). The highest BCUT2D eigenvalue weighted by Gasteiger charge is 2.30. The Kier molecular flexibility index (Phi) is 2.78. The fourth-order valence-electron chi connectivity index (χ4n) is 2.62. The van der Waals surface area contributed by atoms with Crippen molar-refractivity contribution in [2.24, 2.45) is 0 Å². The molecular weight excluding hydrogens is 244 g/mol. The van der Waals surface area contributed by atoms with Crippen LogP contribution in [0.15, 0.2) is 24.5 Å². The lowest BCUT2D eigenvalue weighted by Crippen LogP contribution is -2.36. The molecule has 0 bridgehead atoms. The van der Waals surface area contributed by atoms with Crippen LogP contribution in [0.4, 0.5) is 0 Å². The van der Waals surface area contributed by atoms with Crippen molar-refractivity contribution in [3.63, 3.8) is 0 Å². The molecule has 0 amide bonds. The van der Waals surface area contributed by atoms with E-state index in [1.165, 1.54) is 0 Å². The zero-order valence-corrected chi connectivity index (χ0v) is 10.8. The van der Waals surface area contributed by atoms with Crippen LogP contribution in [0.3, 0.4) is 0 Å². The smallest absolute Gasteiger partial charge is 0.335 e. The SMILES string of the molecule is CC1(n2cnc3ccc(C(=O)O)cc32)CCOCC1. The van der Waals surface area contributed by atoms with E-state index in [2.05, 4.69) is 16.5 Å². The summed E-state index contributed by atoms with van der Waals surface area (Å²) in [5.41, 5.74) is 1.95. The summed E-state index contributed by atoms with van der Waals surface area (Å²) in [6.07, 6.45) is 3.63. The summed E-state index contributed by atoms with van der Waals surface area (Å²) in [5.74, 6) is -0.910. The van der Waals surface area contributed by atoms with Gasteiger partial charge in [-0.25, -0.2) is 9.78 Å². The van der Waals surface area contributed by atoms with Gasteiger partial charge >= 0.3 is 5.97 Å². The van der Waals surface area contributed by atoms with Crippen molar-refractivity contribution in [3.8, 4) is 0 Å². The van der Waals surface area contributed by atoms with E-state index in [1.54, 1.807) is 18.2 Å². The molecule has 1 aromatic carbocycles. The van der Waals surface area contributed by atoms with Crippen molar-refractivity contribution in [2.75, 3.05) is 13.2 Å². The molecule has 2 aromatic rings. The topological polar surface area (TPSA) is 64.4 Å². The first-order valence-corrected chi connectivity index (χ1v) is 6.39. The molecule has 0 atom stereocenters. The maximum Gasteiger partial charge on any atom is 0.335 e. The van der Waals surface area contributed by atoms with E-state index < -0.39 is 5.97 Å². The summed E-state index contributed by atoms with van der Waals surface area (Å²) in [6.45, 7) is 3.63. The Hall–Kier alpha value is -1.88. The lowest BCUT2D eigenvalue weighted by molar-refractivity contribution is 0.0311. The third-order valence-electron chi connectivity index (χ3n) is 3.95. The predicted molar refractivity (Wildman–Crippen MR) is 70.4 cm³/mol. The Balaban J connectivity index is 2.12. The van der Waals surface area contributed by atoms with Gasteiger partial charge in [-0.2, -0.15) is 0 Å². The number of fused-ring (bicyclic) bond motifs is 1. The Bertz CT molecular complexity index is 627. The van der Waals surface area contributed by atoms with Gasteiger partial charge in [0.1, 0.15) is 0 Å². The van der Waals surface area contributed by atoms with Gasteiger partial charge in [0.15, 0.2) is 0 Å². The molecule has 5 nitrogen and oxygen atoms in total. The molecule has 0 spiro atoms. The van der Waals surface area contributed by atoms with Gasteiger partial charge in [-0.3, -0.25) is 0 Å². The molecule has 1 N–H and O–H groups in total. The summed E-state index contributed by atoms with van der Waals surface area (Å²) < 4.78 is 7.50. The number of aromatic carboxylic acids is 1. The highest BCUT2D eigenvalue weighted by molar-refractivity contribution is 5.92. The maximum atomic E-state index is 11.1. The lowest BCUT2D eigenvalue weighted by Gasteiger charge is -2.35. The van der Waals surface area contributed by atoms with Crippen molar-refractivity contribution < 1.29 is 14.6 Å². The molecule has 1 aromatic heterocycles. The average Bonchev–Trinajstić information content (AvgIpc) is 2.83. The third kappa shape index (κ3) is 2.00. The summed E-state index contributed by atoms with van der Waals surface area (Å²) in [7, 11) is 0. The molecule has 0 saturated carbocycles. The number of carboxylic acids is 1. The number of imidazole rings is 1. The molecule has 1 aliphatic heterocycles. The largest absolute Gasteiger partial charge is 0.478 e. The first-order valence-electron chi connectivity index (χ1n) is 6.39. The number of ether oxygens (including phenoxy) is 1. The summed E-state index contributed by atoms with van der Waals surface area (Å²) >= 11 is 0. The van der Waals surface area contributed by atoms with Crippen LogP contribution in [0.5, 0.6) is 0 Å². The first kappa shape index (κ1) is 12.2. The van der Waals surface area contributed by atoms with Crippen LogP contribution < -0.4 is 0 Å². The van der Waals surface area contributed by atoms with Gasteiger partial charge in [-0.1, -0.05) is 0 Å². The second kappa shape index (κ2) is 4.35. The summed E-state index contributed by atoms with van der Waals surface area (Å²) in [6, 6.07) is 5.05. The zero-order chi connectivity index (χ0) is 13.5. The highest BCUT2D eigenvalue weighted by Crippen LogP contribution is 2.32. The van der Waals surface area contributed by atoms with Gasteiger partial charge in [0.25, 0.3) is 0 Å². The van der Waals surface area contributed by atoms with Crippen molar-refractivity contribution >= 4 is 17.0 Å². The van der Waals surface area contributed by atoms with Crippen LogP contribution in [0.25, 0.3) is 11.0 Å². The van der Waals surface area contributed by atoms with Crippen LogP contribution in [0.2, 0.25) is 0 Å². The van der Waals surface area contributed by atoms with E-state index in [9.17, 15) is 4.79 Å². The number of carboxylic acid groups (broad SMARTS) is 1. The quantitative estimate of drug-likeness (QED) is 0.899. The van der Waals surface area contributed by atoms with Crippen molar-refractivity contribution in [1.29, 1.82) is 0 Å². The van der Waals surface area contributed by atoms with Crippen molar-refractivity contribution in [3.05, 3.63) is 30.1 Å². The van der Waals surface area contributed by atoms with Crippen LogP contribution >= 0.6 is 0 Å². The number of benzene rings is 1. The molecule has 0 unspecified atom stereocenters. The molecule has 5 heteroatoms. The number of aromatic nitrogens is 2. The number of hydrogen-bond donors (Lipinski definition) is 1. The normalized spacial score (nSPS) is 18.6. The van der Waals surface area contributed by atoms with E-state index in [0.717, 1.165) is 37.1 Å². The van der Waals surface area contributed by atoms with Gasteiger partial charge in [0.05, 0.1) is 22.9 Å². The van der Waals surface area contributed by atoms with Gasteiger partial charge in [0.2, 0.25) is 0 Å². The Morgan fingerprint density at radius 1 is 1.42 bits per heavy atom. The minimum absolute atomic E-state index is 0.0515. The van der Waals surface area contributed by atoms with Gasteiger partial charge < -0.3 is 14.4 Å². The molecule has 1 saturated heterocycles. The Labute approximate surface area is 110 Å². The first-order chi connectivity index (χ1) is 9.10. The van der Waals surface area contributed by atoms with Gasteiger partial charge in [-0.15, -0.1) is 0 Å². The number of nitrogens with zero attached hydrogens (tertiary/aromatic N) is 2. The molecular formula is C14H16N2O3. The zero-order valence-electron chi connectivity index (χ0n) is 10.8. The number of rotatable bonds is 2. The van der Waals surface area contributed by atoms with E-state index in [-0.39, 0.29) is 5.54 Å². The van der Waals surface area contributed by atoms with E-state index >= 15 is 0 Å². The fourth-order valence-corrected chi connectivity index (χ4v) is 2.62. The highest BCUT2D eigenvalue weighted by atomic mass is 16.5. The second-order valence-electron chi connectivity index (χ2n) is 5.23. The Morgan fingerprint density at radius 3 is 2.84 bits per heavy atom. The Morgan fingerprint density at radius 2 is 2.16 bits per heavy atom. The van der Waals surface area contributed by atoms with Crippen molar-refractivity contribution in [1.82, 2.24) is 9.55 Å².